The molecule has 3 fully saturated rings. The van der Waals surface area contributed by atoms with E-state index in [1.165, 1.54) is 12.8 Å². The van der Waals surface area contributed by atoms with Crippen molar-refractivity contribution >= 4 is 29.3 Å². The van der Waals surface area contributed by atoms with E-state index in [0.29, 0.717) is 11.7 Å². The standard InChI is InChI=1S/C23H24N2O3.ClH/c1-27-18-7-5-15(6-8-18)19-4-2-3-17-13-21(28-22(17)19)23(26)24-20-14-25-11-9-16(20)10-12-25;/h2-8,13,16,20H,9-12,14H2,1H3,(H,24,26);1H/t20-;/m0./s1. The minimum Gasteiger partial charge on any atom is -0.497 e. The number of rotatable bonds is 4. The number of nitrogens with one attached hydrogen (secondary N) is 1. The summed E-state index contributed by atoms with van der Waals surface area (Å²) >= 11 is 0. The van der Waals surface area contributed by atoms with Crippen molar-refractivity contribution < 1.29 is 13.9 Å². The van der Waals surface area contributed by atoms with E-state index in [-0.39, 0.29) is 24.4 Å². The molecule has 29 heavy (non-hydrogen) atoms. The van der Waals surface area contributed by atoms with Crippen LogP contribution >= 0.6 is 12.4 Å². The molecule has 1 aromatic heterocycles. The normalized spacial score (nSPS) is 22.9. The summed E-state index contributed by atoms with van der Waals surface area (Å²) < 4.78 is 11.3. The van der Waals surface area contributed by atoms with Gasteiger partial charge in [0.15, 0.2) is 5.76 Å². The molecule has 3 saturated heterocycles. The third kappa shape index (κ3) is 3.72. The summed E-state index contributed by atoms with van der Waals surface area (Å²) in [4.78, 5) is 15.3. The van der Waals surface area contributed by atoms with Crippen LogP contribution in [0.15, 0.2) is 52.9 Å². The smallest absolute Gasteiger partial charge is 0.287 e. The molecule has 0 aliphatic carbocycles. The first-order valence-electron chi connectivity index (χ1n) is 9.91. The molecule has 0 radical (unpaired) electrons. The Bertz CT molecular complexity index is 1010. The van der Waals surface area contributed by atoms with Gasteiger partial charge in [-0.1, -0.05) is 30.3 Å². The Morgan fingerprint density at radius 1 is 1.14 bits per heavy atom. The number of carbonyl (C=O) groups excluding carboxylic acids is 1. The summed E-state index contributed by atoms with van der Waals surface area (Å²) in [6.45, 7) is 3.27. The highest BCUT2D eigenvalue weighted by Gasteiger charge is 2.35. The number of hydrogen-bond donors (Lipinski definition) is 1. The number of benzene rings is 2. The third-order valence-electron chi connectivity index (χ3n) is 6.14. The van der Waals surface area contributed by atoms with Crippen LogP contribution < -0.4 is 10.1 Å². The number of piperidine rings is 3. The Hall–Kier alpha value is -2.50. The van der Waals surface area contributed by atoms with Crippen LogP contribution in [0.4, 0.5) is 0 Å². The third-order valence-corrected chi connectivity index (χ3v) is 6.14. The average Bonchev–Trinajstić information content (AvgIpc) is 3.19. The predicted molar refractivity (Wildman–Crippen MR) is 116 cm³/mol. The quantitative estimate of drug-likeness (QED) is 0.692. The van der Waals surface area contributed by atoms with Gasteiger partial charge in [0, 0.05) is 23.5 Å². The number of fused-ring (bicyclic) bond motifs is 4. The maximum absolute atomic E-state index is 12.9. The zero-order valence-electron chi connectivity index (χ0n) is 16.4. The Morgan fingerprint density at radius 3 is 2.55 bits per heavy atom. The average molecular weight is 413 g/mol. The van der Waals surface area contributed by atoms with Crippen LogP contribution in [0, 0.1) is 5.92 Å². The molecule has 2 aromatic carbocycles. The van der Waals surface area contributed by atoms with Crippen molar-refractivity contribution in [2.45, 2.75) is 18.9 Å². The topological polar surface area (TPSA) is 54.7 Å². The number of halogens is 1. The van der Waals surface area contributed by atoms with Crippen LogP contribution in [0.1, 0.15) is 23.4 Å². The second-order valence-electron chi connectivity index (χ2n) is 7.78. The molecule has 6 rings (SSSR count). The molecule has 3 aliphatic heterocycles. The van der Waals surface area contributed by atoms with Crippen LogP contribution in [0.25, 0.3) is 22.1 Å². The molecule has 3 aromatic rings. The van der Waals surface area contributed by atoms with E-state index in [1.54, 1.807) is 7.11 Å². The van der Waals surface area contributed by atoms with Crippen molar-refractivity contribution in [1.29, 1.82) is 0 Å². The van der Waals surface area contributed by atoms with Crippen molar-refractivity contribution in [3.8, 4) is 16.9 Å². The second kappa shape index (κ2) is 8.09. The van der Waals surface area contributed by atoms with Gasteiger partial charge < -0.3 is 19.4 Å². The van der Waals surface area contributed by atoms with Crippen molar-refractivity contribution in [2.75, 3.05) is 26.7 Å². The molecule has 1 amide bonds. The molecular weight excluding hydrogens is 388 g/mol. The lowest BCUT2D eigenvalue weighted by Crippen LogP contribution is -2.57. The van der Waals surface area contributed by atoms with Gasteiger partial charge in [0.2, 0.25) is 0 Å². The lowest BCUT2D eigenvalue weighted by Gasteiger charge is -2.44. The number of para-hydroxylation sites is 1. The van der Waals surface area contributed by atoms with E-state index >= 15 is 0 Å². The Labute approximate surface area is 176 Å². The Kier molecular flexibility index (Phi) is 5.52. The van der Waals surface area contributed by atoms with Gasteiger partial charge in [0.05, 0.1) is 7.11 Å². The molecule has 6 heteroatoms. The van der Waals surface area contributed by atoms with E-state index in [9.17, 15) is 4.79 Å². The largest absolute Gasteiger partial charge is 0.497 e. The molecule has 0 unspecified atom stereocenters. The summed E-state index contributed by atoms with van der Waals surface area (Å²) in [5.41, 5.74) is 2.75. The fourth-order valence-corrected chi connectivity index (χ4v) is 4.54. The SMILES string of the molecule is COc1ccc(-c2cccc3cc(C(=O)N[C@H]4CN5CCC4CC5)oc23)cc1.Cl. The van der Waals surface area contributed by atoms with Crippen LogP contribution in [0.2, 0.25) is 0 Å². The van der Waals surface area contributed by atoms with E-state index in [0.717, 1.165) is 47.5 Å². The molecule has 1 N–H and O–H groups in total. The summed E-state index contributed by atoms with van der Waals surface area (Å²) in [5.74, 6) is 1.67. The van der Waals surface area contributed by atoms with Crippen LogP contribution in [-0.4, -0.2) is 43.6 Å². The van der Waals surface area contributed by atoms with E-state index < -0.39 is 0 Å². The fraction of sp³-hybridized carbons (Fsp3) is 0.348. The number of nitrogens with zero attached hydrogens (tertiary/aromatic N) is 1. The highest BCUT2D eigenvalue weighted by Crippen LogP contribution is 2.32. The molecule has 1 atom stereocenters. The Morgan fingerprint density at radius 2 is 1.90 bits per heavy atom. The molecule has 4 heterocycles. The zero-order valence-corrected chi connectivity index (χ0v) is 17.2. The summed E-state index contributed by atoms with van der Waals surface area (Å²) in [6.07, 6.45) is 2.35. The lowest BCUT2D eigenvalue weighted by atomic mass is 9.84. The van der Waals surface area contributed by atoms with E-state index in [1.807, 2.05) is 48.5 Å². The fourth-order valence-electron chi connectivity index (χ4n) is 4.54. The van der Waals surface area contributed by atoms with Crippen LogP contribution in [0.5, 0.6) is 5.75 Å². The lowest BCUT2D eigenvalue weighted by molar-refractivity contribution is 0.0607. The summed E-state index contributed by atoms with van der Waals surface area (Å²) in [5, 5.41) is 4.15. The van der Waals surface area contributed by atoms with Gasteiger partial charge >= 0.3 is 0 Å². The van der Waals surface area contributed by atoms with Crippen molar-refractivity contribution in [3.05, 3.63) is 54.3 Å². The maximum Gasteiger partial charge on any atom is 0.287 e. The highest BCUT2D eigenvalue weighted by atomic mass is 35.5. The van der Waals surface area contributed by atoms with Gasteiger partial charge in [-0.3, -0.25) is 4.79 Å². The van der Waals surface area contributed by atoms with E-state index in [2.05, 4.69) is 10.2 Å². The Balaban J connectivity index is 0.00000205. The first-order chi connectivity index (χ1) is 13.7. The molecule has 0 spiro atoms. The number of carbonyl (C=O) groups is 1. The van der Waals surface area contributed by atoms with Gasteiger partial charge in [-0.2, -0.15) is 0 Å². The van der Waals surface area contributed by atoms with E-state index in [4.69, 9.17) is 9.15 Å². The minimum atomic E-state index is -0.115. The highest BCUT2D eigenvalue weighted by molar-refractivity contribution is 6.00. The number of ether oxygens (including phenoxy) is 1. The number of furan rings is 1. The van der Waals surface area contributed by atoms with Crippen LogP contribution in [-0.2, 0) is 0 Å². The number of amides is 1. The van der Waals surface area contributed by atoms with Gasteiger partial charge in [-0.25, -0.2) is 0 Å². The maximum atomic E-state index is 12.9. The molecular formula is C23H25ClN2O3. The first kappa shape index (κ1) is 19.8. The van der Waals surface area contributed by atoms with Crippen LogP contribution in [0.3, 0.4) is 0 Å². The monoisotopic (exact) mass is 412 g/mol. The first-order valence-corrected chi connectivity index (χ1v) is 9.91. The summed E-state index contributed by atoms with van der Waals surface area (Å²) in [7, 11) is 1.66. The molecule has 2 bridgehead atoms. The number of hydrogen-bond acceptors (Lipinski definition) is 4. The minimum absolute atomic E-state index is 0. The van der Waals surface area contributed by atoms with Crippen molar-refractivity contribution in [1.82, 2.24) is 10.2 Å². The summed E-state index contributed by atoms with van der Waals surface area (Å²) in [6, 6.07) is 15.9. The van der Waals surface area contributed by atoms with Gasteiger partial charge in [-0.15, -0.1) is 12.4 Å². The number of methoxy groups -OCH3 is 1. The predicted octanol–water partition coefficient (Wildman–Crippen LogP) is 4.35. The van der Waals surface area contributed by atoms with Crippen molar-refractivity contribution in [3.63, 3.8) is 0 Å². The van der Waals surface area contributed by atoms with Gasteiger partial charge in [-0.05, 0) is 55.6 Å². The second-order valence-corrected chi connectivity index (χ2v) is 7.78. The van der Waals surface area contributed by atoms with Gasteiger partial charge in [0.1, 0.15) is 11.3 Å². The molecule has 3 aliphatic rings. The van der Waals surface area contributed by atoms with Gasteiger partial charge in [0.25, 0.3) is 5.91 Å². The zero-order chi connectivity index (χ0) is 19.1. The van der Waals surface area contributed by atoms with Crippen molar-refractivity contribution in [2.24, 2.45) is 5.92 Å². The molecule has 5 nitrogen and oxygen atoms in total. The molecule has 0 saturated carbocycles. The molecule has 152 valence electrons.